The van der Waals surface area contributed by atoms with Crippen LogP contribution in [0.1, 0.15) is 0 Å². The SMILES string of the molecule is O=c1c2ccc3c4cc(S(=O)(=O)O)ccc4oc4cc(S(=O)(=O)O)c(c(=O)n1CCO)c2c43. The summed E-state index contributed by atoms with van der Waals surface area (Å²) in [5, 5.41) is 9.31. The molecule has 0 saturated carbocycles. The van der Waals surface area contributed by atoms with E-state index in [1.54, 1.807) is 0 Å². The van der Waals surface area contributed by atoms with Crippen molar-refractivity contribution in [2.75, 3.05) is 6.61 Å². The van der Waals surface area contributed by atoms with Gasteiger partial charge in [-0.05, 0) is 29.7 Å². The number of pyridine rings is 1. The maximum Gasteiger partial charge on any atom is 0.295 e. The Bertz CT molecular complexity index is 1970. The van der Waals surface area contributed by atoms with Gasteiger partial charge in [0.15, 0.2) is 0 Å². The van der Waals surface area contributed by atoms with Gasteiger partial charge in [-0.1, -0.05) is 6.07 Å². The number of hydrogen-bond acceptors (Lipinski definition) is 8. The molecule has 0 aliphatic heterocycles. The third-order valence-electron chi connectivity index (χ3n) is 5.51. The molecule has 5 rings (SSSR count). The number of aliphatic hydroxyl groups excluding tert-OH is 1. The predicted octanol–water partition coefficient (Wildman–Crippen LogP) is 1.34. The summed E-state index contributed by atoms with van der Waals surface area (Å²) in [6.45, 7) is -0.966. The summed E-state index contributed by atoms with van der Waals surface area (Å²) in [7, 11) is -9.50. The average molecular weight is 491 g/mol. The van der Waals surface area contributed by atoms with E-state index in [-0.39, 0.29) is 32.7 Å². The fourth-order valence-corrected chi connectivity index (χ4v) is 5.38. The van der Waals surface area contributed by atoms with Gasteiger partial charge in [-0.3, -0.25) is 23.3 Å². The topological polar surface area (TPSA) is 181 Å². The van der Waals surface area contributed by atoms with E-state index in [0.717, 1.165) is 18.2 Å². The maximum atomic E-state index is 13.1. The molecule has 0 atom stereocenters. The zero-order valence-corrected chi connectivity index (χ0v) is 18.0. The molecule has 0 aliphatic rings. The fraction of sp³-hybridized carbons (Fsp3) is 0.100. The van der Waals surface area contributed by atoms with E-state index >= 15 is 0 Å². The predicted molar refractivity (Wildman–Crippen MR) is 117 cm³/mol. The van der Waals surface area contributed by atoms with Gasteiger partial charge in [-0.25, -0.2) is 0 Å². The van der Waals surface area contributed by atoms with Crippen LogP contribution in [0, 0.1) is 0 Å². The van der Waals surface area contributed by atoms with Crippen LogP contribution in [0.15, 0.2) is 60.2 Å². The molecule has 3 N–H and O–H groups in total. The van der Waals surface area contributed by atoms with Crippen molar-refractivity contribution in [3.8, 4) is 0 Å². The molecule has 11 nitrogen and oxygen atoms in total. The molecule has 0 unspecified atom stereocenters. The molecule has 0 spiro atoms. The van der Waals surface area contributed by atoms with Gasteiger partial charge in [-0.2, -0.15) is 16.8 Å². The van der Waals surface area contributed by atoms with Crippen LogP contribution in [0.2, 0.25) is 0 Å². The third kappa shape index (κ3) is 3.05. The zero-order valence-electron chi connectivity index (χ0n) is 16.3. The molecule has 0 radical (unpaired) electrons. The van der Waals surface area contributed by atoms with Gasteiger partial charge in [0.2, 0.25) is 0 Å². The quantitative estimate of drug-likeness (QED) is 0.188. The third-order valence-corrected chi connectivity index (χ3v) is 7.23. The van der Waals surface area contributed by atoms with E-state index in [2.05, 4.69) is 0 Å². The lowest BCUT2D eigenvalue weighted by Gasteiger charge is -2.15. The highest BCUT2D eigenvalue weighted by Crippen LogP contribution is 2.39. The zero-order chi connectivity index (χ0) is 23.9. The number of nitrogens with zero attached hydrogens (tertiary/aromatic N) is 1. The second kappa shape index (κ2) is 6.82. The highest BCUT2D eigenvalue weighted by molar-refractivity contribution is 7.86. The summed E-state index contributed by atoms with van der Waals surface area (Å²) < 4.78 is 73.2. The van der Waals surface area contributed by atoms with Crippen LogP contribution in [0.3, 0.4) is 0 Å². The molecule has 2 heterocycles. The Kier molecular flexibility index (Phi) is 4.44. The van der Waals surface area contributed by atoms with Gasteiger partial charge in [-0.15, -0.1) is 0 Å². The van der Waals surface area contributed by atoms with E-state index in [9.17, 15) is 40.6 Å². The first-order valence-corrected chi connectivity index (χ1v) is 12.2. The standard InChI is InChI=1S/C20H13NO10S2/c22-6-5-21-19(23)11-3-2-10-12-7-9(32(25,26)27)1-4-13(12)31-14-8-15(33(28,29)30)18(20(21)24)17(11)16(10)14/h1-4,7-8,22H,5-6H2,(H,25,26,27)(H,28,29,30). The molecular weight excluding hydrogens is 478 g/mol. The summed E-state index contributed by atoms with van der Waals surface area (Å²) in [4.78, 5) is 24.9. The normalized spacial score (nSPS) is 13.1. The Morgan fingerprint density at radius 2 is 1.45 bits per heavy atom. The molecule has 0 fully saturated rings. The van der Waals surface area contributed by atoms with Crippen molar-refractivity contribution in [2.24, 2.45) is 0 Å². The summed E-state index contributed by atoms with van der Waals surface area (Å²) >= 11 is 0. The smallest absolute Gasteiger partial charge is 0.295 e. The van der Waals surface area contributed by atoms with Crippen molar-refractivity contribution in [3.63, 3.8) is 0 Å². The Morgan fingerprint density at radius 1 is 0.758 bits per heavy atom. The molecule has 0 aliphatic carbocycles. The highest BCUT2D eigenvalue weighted by atomic mass is 32.2. The van der Waals surface area contributed by atoms with Crippen LogP contribution in [-0.4, -0.2) is 42.2 Å². The van der Waals surface area contributed by atoms with Crippen LogP contribution >= 0.6 is 0 Å². The Hall–Kier alpha value is -3.36. The first-order valence-electron chi connectivity index (χ1n) is 9.31. The lowest BCUT2D eigenvalue weighted by molar-refractivity contribution is 0.273. The van der Waals surface area contributed by atoms with Gasteiger partial charge >= 0.3 is 0 Å². The van der Waals surface area contributed by atoms with Crippen molar-refractivity contribution in [1.29, 1.82) is 0 Å². The monoisotopic (exact) mass is 491 g/mol. The minimum absolute atomic E-state index is 0.0680. The molecule has 0 amide bonds. The van der Waals surface area contributed by atoms with E-state index < -0.39 is 59.7 Å². The minimum atomic E-state index is -4.95. The van der Waals surface area contributed by atoms with Crippen molar-refractivity contribution in [1.82, 2.24) is 4.57 Å². The van der Waals surface area contributed by atoms with E-state index in [0.29, 0.717) is 9.95 Å². The van der Waals surface area contributed by atoms with E-state index in [1.165, 1.54) is 18.2 Å². The second-order valence-corrected chi connectivity index (χ2v) is 10.2. The summed E-state index contributed by atoms with van der Waals surface area (Å²) in [5.41, 5.74) is -1.78. The molecule has 3 aromatic carbocycles. The maximum absolute atomic E-state index is 13.1. The molecule has 33 heavy (non-hydrogen) atoms. The first kappa shape index (κ1) is 21.5. The number of rotatable bonds is 4. The number of aromatic nitrogens is 1. The van der Waals surface area contributed by atoms with Gasteiger partial charge < -0.3 is 9.52 Å². The highest BCUT2D eigenvalue weighted by Gasteiger charge is 2.26. The van der Waals surface area contributed by atoms with E-state index in [4.69, 9.17) is 4.42 Å². The van der Waals surface area contributed by atoms with Gasteiger partial charge in [0.05, 0.1) is 23.4 Å². The first-order chi connectivity index (χ1) is 15.4. The molecule has 13 heteroatoms. The number of benzene rings is 3. The van der Waals surface area contributed by atoms with Gasteiger partial charge in [0.1, 0.15) is 16.1 Å². The second-order valence-electron chi connectivity index (χ2n) is 7.35. The van der Waals surface area contributed by atoms with Crippen LogP contribution in [0.5, 0.6) is 0 Å². The number of fused-ring (bicyclic) bond motifs is 2. The van der Waals surface area contributed by atoms with Crippen LogP contribution < -0.4 is 11.1 Å². The van der Waals surface area contributed by atoms with Crippen molar-refractivity contribution < 1.29 is 35.5 Å². The molecular formula is C20H13NO10S2. The Balaban J connectivity index is 2.14. The molecule has 170 valence electrons. The van der Waals surface area contributed by atoms with Crippen LogP contribution in [0.25, 0.3) is 43.5 Å². The van der Waals surface area contributed by atoms with Crippen LogP contribution in [0.4, 0.5) is 0 Å². The lowest BCUT2D eigenvalue weighted by Crippen LogP contribution is -2.35. The summed E-state index contributed by atoms with van der Waals surface area (Å²) in [5.74, 6) is 0. The average Bonchev–Trinajstić information content (AvgIpc) is 2.74. The largest absolute Gasteiger partial charge is 0.456 e. The Morgan fingerprint density at radius 3 is 2.09 bits per heavy atom. The molecule has 0 bridgehead atoms. The van der Waals surface area contributed by atoms with Crippen molar-refractivity contribution in [2.45, 2.75) is 16.3 Å². The molecule has 2 aromatic heterocycles. The van der Waals surface area contributed by atoms with Gasteiger partial charge in [0, 0.05) is 27.6 Å². The minimum Gasteiger partial charge on any atom is -0.456 e. The molecule has 0 saturated heterocycles. The van der Waals surface area contributed by atoms with Crippen molar-refractivity contribution >= 4 is 63.7 Å². The van der Waals surface area contributed by atoms with Gasteiger partial charge in [0.25, 0.3) is 31.4 Å². The lowest BCUT2D eigenvalue weighted by atomic mass is 9.96. The summed E-state index contributed by atoms with van der Waals surface area (Å²) in [6, 6.07) is 7.24. The van der Waals surface area contributed by atoms with Crippen molar-refractivity contribution in [3.05, 3.63) is 57.1 Å². The fourth-order valence-electron chi connectivity index (χ4n) is 4.17. The summed E-state index contributed by atoms with van der Waals surface area (Å²) in [6.07, 6.45) is 0. The number of hydrogen-bond donors (Lipinski definition) is 3. The molecule has 5 aromatic rings. The number of aliphatic hydroxyl groups is 1. The van der Waals surface area contributed by atoms with E-state index in [1.807, 2.05) is 0 Å². The van der Waals surface area contributed by atoms with Crippen LogP contribution in [-0.2, 0) is 26.8 Å². The Labute approximate surface area is 183 Å².